The van der Waals surface area contributed by atoms with Crippen molar-refractivity contribution in [3.63, 3.8) is 0 Å². The molecule has 0 bridgehead atoms. The van der Waals surface area contributed by atoms with Crippen molar-refractivity contribution in [2.24, 2.45) is 0 Å². The Labute approximate surface area is 139 Å². The highest BCUT2D eigenvalue weighted by Gasteiger charge is 2.39. The summed E-state index contributed by atoms with van der Waals surface area (Å²) in [6.07, 6.45) is 0.942. The second-order valence-corrected chi connectivity index (χ2v) is 14.0. The van der Waals surface area contributed by atoms with Crippen LogP contribution in [0.1, 0.15) is 27.2 Å². The Hall–Kier alpha value is 1.61. The number of hydrogen-bond acceptors (Lipinski definition) is 8. The van der Waals surface area contributed by atoms with Gasteiger partial charge in [0.05, 0.1) is 0 Å². The third-order valence-electron chi connectivity index (χ3n) is 1.97. The molecule has 0 saturated heterocycles. The lowest BCUT2D eigenvalue weighted by Crippen LogP contribution is -2.46. The smallest absolute Gasteiger partial charge is 0.374 e. The second-order valence-electron chi connectivity index (χ2n) is 3.33. The quantitative estimate of drug-likeness (QED) is 0.200. The van der Waals surface area contributed by atoms with Crippen molar-refractivity contribution in [3.8, 4) is 0 Å². The van der Waals surface area contributed by atoms with E-state index in [-0.39, 0.29) is 0 Å². The summed E-state index contributed by atoms with van der Waals surface area (Å²) >= 11 is 0. The lowest BCUT2D eigenvalue weighted by Gasteiger charge is -2.28. The van der Waals surface area contributed by atoms with Crippen molar-refractivity contribution >= 4 is 59.2 Å². The Morgan fingerprint density at radius 3 is 2.05 bits per heavy atom. The largest absolute Gasteiger partial charge is 0.500 e. The summed E-state index contributed by atoms with van der Waals surface area (Å²) in [4.78, 5) is 0. The highest BCUT2D eigenvalue weighted by atomic mass is 33.8. The maximum atomic E-state index is 10.4. The van der Waals surface area contributed by atoms with Crippen LogP contribution < -0.4 is 0 Å². The molecule has 0 fully saturated rings. The zero-order valence-corrected chi connectivity index (χ0v) is 16.9. The minimum atomic E-state index is -2.51. The third-order valence-corrected chi connectivity index (χ3v) is 13.3. The van der Waals surface area contributed by atoms with Gasteiger partial charge in [0.1, 0.15) is 0 Å². The monoisotopic (exact) mass is 398 g/mol. The average Bonchev–Trinajstić information content (AvgIpc) is 2.38. The summed E-state index contributed by atoms with van der Waals surface area (Å²) < 4.78 is 36.3. The Balaban J connectivity index is 3.91. The van der Waals surface area contributed by atoms with Crippen molar-refractivity contribution in [2.75, 3.05) is 25.6 Å². The van der Waals surface area contributed by atoms with Crippen LogP contribution in [0.5, 0.6) is 0 Å². The fraction of sp³-hybridized carbons (Fsp3) is 1.00. The highest BCUT2D eigenvalue weighted by Crippen LogP contribution is 2.44. The first-order valence-electron chi connectivity index (χ1n) is 6.26. The van der Waals surface area contributed by atoms with E-state index in [4.69, 9.17) is 17.8 Å². The van der Waals surface area contributed by atoms with Crippen LogP contribution >= 0.6 is 40.3 Å². The molecule has 0 aromatic rings. The number of hydrogen-bond donors (Lipinski definition) is 1. The maximum absolute atomic E-state index is 10.4. The van der Waals surface area contributed by atoms with Crippen LogP contribution in [0.3, 0.4) is 0 Å². The van der Waals surface area contributed by atoms with E-state index < -0.39 is 18.9 Å². The molecule has 0 aliphatic heterocycles. The topological polar surface area (TPSA) is 65.0 Å². The summed E-state index contributed by atoms with van der Waals surface area (Å²) in [7, 11) is 1.11. The number of rotatable bonds is 14. The molecule has 1 atom stereocenters. The van der Waals surface area contributed by atoms with Crippen LogP contribution in [0.15, 0.2) is 0 Å². The first-order valence-corrected chi connectivity index (χ1v) is 14.8. The fourth-order valence-electron chi connectivity index (χ4n) is 1.44. The van der Waals surface area contributed by atoms with Gasteiger partial charge in [0, 0.05) is 51.3 Å². The zero-order valence-electron chi connectivity index (χ0n) is 11.9. The molecule has 122 valence electrons. The van der Waals surface area contributed by atoms with Crippen molar-refractivity contribution < 1.29 is 22.0 Å². The summed E-state index contributed by atoms with van der Waals surface area (Å²) in [6, 6.07) is 0.805. The van der Waals surface area contributed by atoms with Gasteiger partial charge in [-0.25, -0.2) is 4.21 Å². The van der Waals surface area contributed by atoms with Crippen LogP contribution in [0.25, 0.3) is 0 Å². The SMILES string of the molecule is CCO[Si](CCCSSSSS(=O)O)(OCC)OCC. The summed E-state index contributed by atoms with van der Waals surface area (Å²) in [5.74, 6) is 0.929. The predicted molar refractivity (Wildman–Crippen MR) is 96.1 cm³/mol. The molecule has 0 amide bonds. The molecule has 20 heavy (non-hydrogen) atoms. The van der Waals surface area contributed by atoms with E-state index in [1.165, 1.54) is 19.7 Å². The molecule has 11 heteroatoms. The van der Waals surface area contributed by atoms with Gasteiger partial charge in [-0.15, -0.1) is 0 Å². The Bertz CT molecular complexity index is 244. The van der Waals surface area contributed by atoms with Gasteiger partial charge in [-0.05, 0) is 37.0 Å². The van der Waals surface area contributed by atoms with Crippen molar-refractivity contribution in [2.45, 2.75) is 33.2 Å². The van der Waals surface area contributed by atoms with E-state index in [2.05, 4.69) is 0 Å². The molecule has 0 saturated carbocycles. The van der Waals surface area contributed by atoms with E-state index in [0.29, 0.717) is 19.8 Å². The van der Waals surface area contributed by atoms with E-state index in [1.54, 1.807) is 10.8 Å². The molecule has 0 heterocycles. The summed E-state index contributed by atoms with van der Waals surface area (Å²) in [6.45, 7) is 7.66. The molecular formula is C9H22O5S5Si. The third kappa shape index (κ3) is 11.2. The lowest BCUT2D eigenvalue weighted by molar-refractivity contribution is 0.0712. The van der Waals surface area contributed by atoms with Crippen molar-refractivity contribution in [1.82, 2.24) is 0 Å². The first-order chi connectivity index (χ1) is 9.60. The standard InChI is InChI=1S/C9H22O5S5Si/c1-4-12-20(13-5-2,14-6-3)9-7-8-15-16-17-18-19(10)11/h4-9H2,1-3H3,(H,10,11). The van der Waals surface area contributed by atoms with Gasteiger partial charge < -0.3 is 13.3 Å². The molecular weight excluding hydrogens is 377 g/mol. The zero-order chi connectivity index (χ0) is 15.3. The van der Waals surface area contributed by atoms with E-state index in [1.807, 2.05) is 20.8 Å². The molecule has 0 rings (SSSR count). The molecule has 0 aromatic heterocycles. The van der Waals surface area contributed by atoms with Gasteiger partial charge in [0.25, 0.3) is 0 Å². The fourth-order valence-corrected chi connectivity index (χ4v) is 12.0. The van der Waals surface area contributed by atoms with Crippen LogP contribution in [0.2, 0.25) is 6.04 Å². The molecule has 1 unspecified atom stereocenters. The minimum Gasteiger partial charge on any atom is -0.374 e. The van der Waals surface area contributed by atoms with Crippen LogP contribution in [0, 0.1) is 0 Å². The Morgan fingerprint density at radius 2 is 1.60 bits per heavy atom. The van der Waals surface area contributed by atoms with Gasteiger partial charge in [-0.3, -0.25) is 4.55 Å². The molecule has 5 nitrogen and oxygen atoms in total. The van der Waals surface area contributed by atoms with Gasteiger partial charge in [-0.1, -0.05) is 10.8 Å². The van der Waals surface area contributed by atoms with E-state index in [9.17, 15) is 4.21 Å². The molecule has 0 aliphatic carbocycles. The van der Waals surface area contributed by atoms with E-state index in [0.717, 1.165) is 28.0 Å². The van der Waals surface area contributed by atoms with E-state index >= 15 is 0 Å². The molecule has 0 aromatic carbocycles. The molecule has 0 spiro atoms. The average molecular weight is 399 g/mol. The van der Waals surface area contributed by atoms with Gasteiger partial charge in [-0.2, -0.15) is 0 Å². The second kappa shape index (κ2) is 14.2. The molecule has 0 aliphatic rings. The first kappa shape index (κ1) is 21.6. The highest BCUT2D eigenvalue weighted by molar-refractivity contribution is 9.34. The summed E-state index contributed by atoms with van der Waals surface area (Å²) in [5.41, 5.74) is 0. The Kier molecular flexibility index (Phi) is 15.4. The summed E-state index contributed by atoms with van der Waals surface area (Å²) in [5, 5.41) is 0. The van der Waals surface area contributed by atoms with Crippen LogP contribution in [0.4, 0.5) is 0 Å². The van der Waals surface area contributed by atoms with Gasteiger partial charge >= 0.3 is 8.80 Å². The predicted octanol–water partition coefficient (Wildman–Crippen LogP) is 4.24. The Morgan fingerprint density at radius 1 is 1.05 bits per heavy atom. The van der Waals surface area contributed by atoms with Crippen LogP contribution in [-0.2, 0) is 23.4 Å². The van der Waals surface area contributed by atoms with Crippen LogP contribution in [-0.4, -0.2) is 43.1 Å². The minimum absolute atomic E-state index is 0.600. The van der Waals surface area contributed by atoms with Crippen molar-refractivity contribution in [1.29, 1.82) is 0 Å². The van der Waals surface area contributed by atoms with Gasteiger partial charge in [0.2, 0.25) is 10.1 Å². The van der Waals surface area contributed by atoms with Gasteiger partial charge in [0.15, 0.2) is 0 Å². The maximum Gasteiger partial charge on any atom is 0.500 e. The van der Waals surface area contributed by atoms with Crippen molar-refractivity contribution in [3.05, 3.63) is 0 Å². The molecule has 0 radical (unpaired) electrons. The lowest BCUT2D eigenvalue weighted by atomic mass is 10.6. The normalized spacial score (nSPS) is 13.6. The molecule has 1 N–H and O–H groups in total.